The number of nitrogens with two attached hydrogens (primary N) is 3. The third-order valence-electron chi connectivity index (χ3n) is 2.36. The first-order chi connectivity index (χ1) is 8.88. The number of carbonyl (C=O) groups is 3. The lowest BCUT2D eigenvalue weighted by molar-refractivity contribution is -0.123. The summed E-state index contributed by atoms with van der Waals surface area (Å²) in [6, 6.07) is 5.59. The molecule has 1 atom stereocenters. The zero-order valence-corrected chi connectivity index (χ0v) is 10.3. The number of hydrogen-bond donors (Lipinski definition) is 4. The SMILES string of the molecule is NC(=O)Cc1ccc(NC(=O)C(N)CC(N)=O)cc1. The molecule has 0 fully saturated rings. The molecule has 1 rings (SSSR count). The molecule has 7 heteroatoms. The van der Waals surface area contributed by atoms with Crippen molar-refractivity contribution < 1.29 is 14.4 Å². The molecule has 1 unspecified atom stereocenters. The molecule has 102 valence electrons. The third kappa shape index (κ3) is 5.17. The van der Waals surface area contributed by atoms with E-state index in [1.807, 2.05) is 0 Å². The Hall–Kier alpha value is -2.41. The van der Waals surface area contributed by atoms with E-state index < -0.39 is 23.8 Å². The van der Waals surface area contributed by atoms with Gasteiger partial charge in [-0.3, -0.25) is 14.4 Å². The highest BCUT2D eigenvalue weighted by Crippen LogP contribution is 2.10. The molecular weight excluding hydrogens is 248 g/mol. The highest BCUT2D eigenvalue weighted by atomic mass is 16.2. The lowest BCUT2D eigenvalue weighted by atomic mass is 10.1. The molecular formula is C12H16N4O3. The van der Waals surface area contributed by atoms with Crippen molar-refractivity contribution in [3.63, 3.8) is 0 Å². The lowest BCUT2D eigenvalue weighted by Gasteiger charge is -2.10. The molecule has 0 aromatic heterocycles. The van der Waals surface area contributed by atoms with Crippen LogP contribution in [0.4, 0.5) is 5.69 Å². The smallest absolute Gasteiger partial charge is 0.241 e. The van der Waals surface area contributed by atoms with Gasteiger partial charge in [0.05, 0.1) is 18.9 Å². The van der Waals surface area contributed by atoms with Gasteiger partial charge < -0.3 is 22.5 Å². The van der Waals surface area contributed by atoms with Gasteiger partial charge in [-0.1, -0.05) is 12.1 Å². The summed E-state index contributed by atoms with van der Waals surface area (Å²) in [6.45, 7) is 0. The highest BCUT2D eigenvalue weighted by molar-refractivity contribution is 5.97. The number of rotatable bonds is 6. The Morgan fingerprint density at radius 3 is 2.11 bits per heavy atom. The number of primary amides is 2. The molecule has 0 bridgehead atoms. The summed E-state index contributed by atoms with van der Waals surface area (Å²) in [5.41, 5.74) is 16.8. The number of carbonyl (C=O) groups excluding carboxylic acids is 3. The molecule has 1 aromatic carbocycles. The van der Waals surface area contributed by atoms with E-state index in [-0.39, 0.29) is 12.8 Å². The van der Waals surface area contributed by atoms with E-state index in [1.165, 1.54) is 0 Å². The molecule has 3 amide bonds. The van der Waals surface area contributed by atoms with Crippen LogP contribution in [0.25, 0.3) is 0 Å². The lowest BCUT2D eigenvalue weighted by Crippen LogP contribution is -2.38. The maximum Gasteiger partial charge on any atom is 0.241 e. The van der Waals surface area contributed by atoms with Gasteiger partial charge in [-0.2, -0.15) is 0 Å². The predicted octanol–water partition coefficient (Wildman–Crippen LogP) is -1.14. The molecule has 0 spiro atoms. The average molecular weight is 264 g/mol. The van der Waals surface area contributed by atoms with Crippen LogP contribution in [0.3, 0.4) is 0 Å². The van der Waals surface area contributed by atoms with E-state index in [9.17, 15) is 14.4 Å². The zero-order chi connectivity index (χ0) is 14.4. The summed E-state index contributed by atoms with van der Waals surface area (Å²) in [4.78, 5) is 32.9. The van der Waals surface area contributed by atoms with Crippen LogP contribution in [0.5, 0.6) is 0 Å². The van der Waals surface area contributed by atoms with Crippen molar-refractivity contribution in [1.82, 2.24) is 0 Å². The van der Waals surface area contributed by atoms with Gasteiger partial charge in [0.15, 0.2) is 0 Å². The van der Waals surface area contributed by atoms with E-state index >= 15 is 0 Å². The van der Waals surface area contributed by atoms with Gasteiger partial charge in [0, 0.05) is 5.69 Å². The van der Waals surface area contributed by atoms with Gasteiger partial charge >= 0.3 is 0 Å². The summed E-state index contributed by atoms with van der Waals surface area (Å²) >= 11 is 0. The molecule has 0 saturated carbocycles. The molecule has 19 heavy (non-hydrogen) atoms. The van der Waals surface area contributed by atoms with Crippen LogP contribution in [0.15, 0.2) is 24.3 Å². The second-order valence-electron chi connectivity index (χ2n) is 4.11. The molecule has 0 saturated heterocycles. The minimum absolute atomic E-state index is 0.134. The topological polar surface area (TPSA) is 141 Å². The van der Waals surface area contributed by atoms with Crippen molar-refractivity contribution in [2.75, 3.05) is 5.32 Å². The fourth-order valence-electron chi connectivity index (χ4n) is 1.45. The summed E-state index contributed by atoms with van der Waals surface area (Å²) in [6.07, 6.45) is -0.0823. The standard InChI is InChI=1S/C12H16N4O3/c13-9(6-11(15)18)12(19)16-8-3-1-7(2-4-8)5-10(14)17/h1-4,9H,5-6,13H2,(H2,14,17)(H2,15,18)(H,16,19). The van der Waals surface area contributed by atoms with Crippen LogP contribution in [-0.2, 0) is 20.8 Å². The Balaban J connectivity index is 2.60. The van der Waals surface area contributed by atoms with Crippen molar-refractivity contribution in [3.8, 4) is 0 Å². The second-order valence-corrected chi connectivity index (χ2v) is 4.11. The fraction of sp³-hybridized carbons (Fsp3) is 0.250. The molecule has 7 N–H and O–H groups in total. The normalized spacial score (nSPS) is 11.6. The van der Waals surface area contributed by atoms with E-state index in [1.54, 1.807) is 24.3 Å². The number of benzene rings is 1. The Labute approximate surface area is 110 Å². The Morgan fingerprint density at radius 1 is 1.05 bits per heavy atom. The van der Waals surface area contributed by atoms with Crippen LogP contribution in [0.2, 0.25) is 0 Å². The Bertz CT molecular complexity index is 484. The number of anilines is 1. The molecule has 0 aliphatic heterocycles. The zero-order valence-electron chi connectivity index (χ0n) is 10.3. The largest absolute Gasteiger partial charge is 0.370 e. The molecule has 0 aliphatic carbocycles. The van der Waals surface area contributed by atoms with Crippen LogP contribution >= 0.6 is 0 Å². The highest BCUT2D eigenvalue weighted by Gasteiger charge is 2.15. The fourth-order valence-corrected chi connectivity index (χ4v) is 1.45. The average Bonchev–Trinajstić information content (AvgIpc) is 2.30. The van der Waals surface area contributed by atoms with E-state index in [2.05, 4.69) is 5.32 Å². The van der Waals surface area contributed by atoms with Crippen molar-refractivity contribution in [2.45, 2.75) is 18.9 Å². The number of amides is 3. The van der Waals surface area contributed by atoms with E-state index in [4.69, 9.17) is 17.2 Å². The molecule has 0 aliphatic rings. The van der Waals surface area contributed by atoms with Crippen LogP contribution in [0, 0.1) is 0 Å². The third-order valence-corrected chi connectivity index (χ3v) is 2.36. The Kier molecular flexibility index (Phi) is 5.01. The monoisotopic (exact) mass is 264 g/mol. The van der Waals surface area contributed by atoms with Crippen molar-refractivity contribution in [1.29, 1.82) is 0 Å². The molecule has 0 heterocycles. The first-order valence-electron chi connectivity index (χ1n) is 5.60. The van der Waals surface area contributed by atoms with Gasteiger partial charge in [0.2, 0.25) is 17.7 Å². The van der Waals surface area contributed by atoms with Gasteiger partial charge in [-0.25, -0.2) is 0 Å². The second kappa shape index (κ2) is 6.50. The van der Waals surface area contributed by atoms with Crippen molar-refractivity contribution in [2.24, 2.45) is 17.2 Å². The van der Waals surface area contributed by atoms with Gasteiger partial charge in [-0.05, 0) is 17.7 Å². The Morgan fingerprint density at radius 2 is 1.63 bits per heavy atom. The van der Waals surface area contributed by atoms with Crippen LogP contribution < -0.4 is 22.5 Å². The first-order valence-corrected chi connectivity index (χ1v) is 5.60. The van der Waals surface area contributed by atoms with E-state index in [0.29, 0.717) is 5.69 Å². The predicted molar refractivity (Wildman–Crippen MR) is 69.8 cm³/mol. The minimum Gasteiger partial charge on any atom is -0.370 e. The summed E-state index contributed by atoms with van der Waals surface area (Å²) in [7, 11) is 0. The quantitative estimate of drug-likeness (QED) is 0.515. The summed E-state index contributed by atoms with van der Waals surface area (Å²) in [5.74, 6) is -1.57. The number of hydrogen-bond acceptors (Lipinski definition) is 4. The molecule has 0 radical (unpaired) electrons. The van der Waals surface area contributed by atoms with Gasteiger partial charge in [0.1, 0.15) is 0 Å². The maximum atomic E-state index is 11.6. The molecule has 1 aromatic rings. The summed E-state index contributed by atoms with van der Waals surface area (Å²) in [5, 5.41) is 2.54. The first kappa shape index (κ1) is 14.7. The van der Waals surface area contributed by atoms with Crippen molar-refractivity contribution in [3.05, 3.63) is 29.8 Å². The molecule has 7 nitrogen and oxygen atoms in total. The van der Waals surface area contributed by atoms with Crippen LogP contribution in [-0.4, -0.2) is 23.8 Å². The van der Waals surface area contributed by atoms with Gasteiger partial charge in [0.25, 0.3) is 0 Å². The summed E-state index contributed by atoms with van der Waals surface area (Å²) < 4.78 is 0. The minimum atomic E-state index is -0.984. The van der Waals surface area contributed by atoms with Gasteiger partial charge in [-0.15, -0.1) is 0 Å². The maximum absolute atomic E-state index is 11.6. The number of nitrogens with one attached hydrogen (secondary N) is 1. The van der Waals surface area contributed by atoms with E-state index in [0.717, 1.165) is 5.56 Å². The van der Waals surface area contributed by atoms with Crippen LogP contribution in [0.1, 0.15) is 12.0 Å². The van der Waals surface area contributed by atoms with Crippen molar-refractivity contribution >= 4 is 23.4 Å².